The van der Waals surface area contributed by atoms with Crippen LogP contribution in [0.15, 0.2) is 24.3 Å². The molecule has 1 aliphatic rings. The minimum Gasteiger partial charge on any atom is -0.481 e. The lowest BCUT2D eigenvalue weighted by Crippen LogP contribution is -2.59. The number of benzene rings is 1. The lowest BCUT2D eigenvalue weighted by Gasteiger charge is -2.40. The normalized spacial score (nSPS) is 24.9. The van der Waals surface area contributed by atoms with Gasteiger partial charge in [-0.25, -0.2) is 0 Å². The van der Waals surface area contributed by atoms with Crippen LogP contribution in [0, 0.1) is 12.3 Å². The van der Waals surface area contributed by atoms with E-state index < -0.39 is 36.7 Å². The van der Waals surface area contributed by atoms with Gasteiger partial charge in [0.25, 0.3) is 0 Å². The summed E-state index contributed by atoms with van der Waals surface area (Å²) in [4.78, 5) is 11.5. The Balaban J connectivity index is 1.82. The van der Waals surface area contributed by atoms with Crippen LogP contribution in [0.2, 0.25) is 0 Å². The quantitative estimate of drug-likeness (QED) is 0.149. The fourth-order valence-corrected chi connectivity index (χ4v) is 3.30. The van der Waals surface area contributed by atoms with Gasteiger partial charge < -0.3 is 40.5 Å². The van der Waals surface area contributed by atoms with Crippen LogP contribution in [0.3, 0.4) is 0 Å². The monoisotopic (exact) mass is 466 g/mol. The van der Waals surface area contributed by atoms with Crippen molar-refractivity contribution in [1.29, 1.82) is 0 Å². The van der Waals surface area contributed by atoms with Crippen LogP contribution in [0.25, 0.3) is 0 Å². The SMILES string of the molecule is C#CCCCCNC(=S)CNc1ccc(O[C@H]2O[C@H](CCC(=O)O)[C@@H](O)[C@H](O)[C@@H]2O)cc1. The highest BCUT2D eigenvalue weighted by molar-refractivity contribution is 7.80. The smallest absolute Gasteiger partial charge is 0.303 e. The topological polar surface area (TPSA) is 141 Å². The Kier molecular flexibility index (Phi) is 10.7. The Hall–Kier alpha value is -2.42. The van der Waals surface area contributed by atoms with Crippen molar-refractivity contribution in [3.05, 3.63) is 24.3 Å². The summed E-state index contributed by atoms with van der Waals surface area (Å²) in [6, 6.07) is 6.82. The summed E-state index contributed by atoms with van der Waals surface area (Å²) >= 11 is 5.28. The molecule has 6 N–H and O–H groups in total. The lowest BCUT2D eigenvalue weighted by atomic mass is 9.96. The molecule has 0 aromatic heterocycles. The molecule has 32 heavy (non-hydrogen) atoms. The summed E-state index contributed by atoms with van der Waals surface area (Å²) in [5.74, 6) is 1.92. The second-order valence-corrected chi connectivity index (χ2v) is 7.95. The molecule has 1 aromatic carbocycles. The van der Waals surface area contributed by atoms with E-state index in [0.29, 0.717) is 17.3 Å². The predicted octanol–water partition coefficient (Wildman–Crippen LogP) is 0.870. The van der Waals surface area contributed by atoms with Crippen molar-refractivity contribution in [2.75, 3.05) is 18.4 Å². The van der Waals surface area contributed by atoms with E-state index in [9.17, 15) is 20.1 Å². The number of rotatable bonds is 12. The van der Waals surface area contributed by atoms with E-state index in [4.69, 9.17) is 33.2 Å². The van der Waals surface area contributed by atoms with Crippen LogP contribution in [-0.2, 0) is 9.53 Å². The van der Waals surface area contributed by atoms with E-state index in [0.717, 1.165) is 31.5 Å². The van der Waals surface area contributed by atoms with E-state index in [1.165, 1.54) is 0 Å². The Bertz CT molecular complexity index is 783. The Labute approximate surface area is 192 Å². The largest absolute Gasteiger partial charge is 0.481 e. The zero-order valence-corrected chi connectivity index (χ0v) is 18.5. The third-order valence-electron chi connectivity index (χ3n) is 4.94. The number of thiocarbonyl (C=S) groups is 1. The van der Waals surface area contributed by atoms with Gasteiger partial charge in [-0.3, -0.25) is 4.79 Å². The maximum absolute atomic E-state index is 10.8. The first kappa shape index (κ1) is 25.8. The number of hydrogen-bond donors (Lipinski definition) is 6. The molecular weight excluding hydrogens is 436 g/mol. The van der Waals surface area contributed by atoms with Gasteiger partial charge in [-0.15, -0.1) is 12.3 Å². The van der Waals surface area contributed by atoms with Gasteiger partial charge in [0.1, 0.15) is 24.1 Å². The fraction of sp³-hybridized carbons (Fsp3) is 0.545. The molecule has 0 saturated carbocycles. The Morgan fingerprint density at radius 3 is 2.53 bits per heavy atom. The summed E-state index contributed by atoms with van der Waals surface area (Å²) in [6.45, 7) is 1.23. The summed E-state index contributed by atoms with van der Waals surface area (Å²) < 4.78 is 11.1. The predicted molar refractivity (Wildman–Crippen MR) is 122 cm³/mol. The highest BCUT2D eigenvalue weighted by Gasteiger charge is 2.44. The molecule has 10 heteroatoms. The summed E-state index contributed by atoms with van der Waals surface area (Å²) in [6.07, 6.45) is 0.951. The molecule has 5 atom stereocenters. The number of aliphatic hydroxyl groups is 3. The van der Waals surface area contributed by atoms with Crippen LogP contribution >= 0.6 is 12.2 Å². The molecule has 0 aliphatic carbocycles. The Morgan fingerprint density at radius 2 is 1.88 bits per heavy atom. The molecule has 0 unspecified atom stereocenters. The van der Waals surface area contributed by atoms with Gasteiger partial charge in [0.05, 0.1) is 17.6 Å². The molecule has 1 aromatic rings. The van der Waals surface area contributed by atoms with Crippen molar-refractivity contribution in [3.8, 4) is 18.1 Å². The van der Waals surface area contributed by atoms with Crippen molar-refractivity contribution < 1.29 is 34.7 Å². The maximum atomic E-state index is 10.8. The minimum absolute atomic E-state index is 0.0269. The zero-order valence-electron chi connectivity index (χ0n) is 17.6. The number of aliphatic carboxylic acids is 1. The van der Waals surface area contributed by atoms with Crippen molar-refractivity contribution in [3.63, 3.8) is 0 Å². The molecule has 1 heterocycles. The van der Waals surface area contributed by atoms with Gasteiger partial charge in [0.2, 0.25) is 6.29 Å². The van der Waals surface area contributed by atoms with Crippen molar-refractivity contribution in [2.45, 2.75) is 62.8 Å². The lowest BCUT2D eigenvalue weighted by molar-refractivity contribution is -0.273. The van der Waals surface area contributed by atoms with E-state index in [1.807, 2.05) is 0 Å². The highest BCUT2D eigenvalue weighted by Crippen LogP contribution is 2.27. The molecule has 1 fully saturated rings. The van der Waals surface area contributed by atoms with Crippen LogP contribution in [0.1, 0.15) is 32.1 Å². The number of anilines is 1. The average molecular weight is 467 g/mol. The third kappa shape index (κ3) is 8.26. The minimum atomic E-state index is -1.52. The number of carboxylic acid groups (broad SMARTS) is 1. The fourth-order valence-electron chi connectivity index (χ4n) is 3.13. The summed E-state index contributed by atoms with van der Waals surface area (Å²) in [7, 11) is 0. The first-order valence-corrected chi connectivity index (χ1v) is 10.8. The van der Waals surface area contributed by atoms with Crippen molar-refractivity contribution >= 4 is 28.9 Å². The molecule has 0 bridgehead atoms. The molecule has 1 aliphatic heterocycles. The third-order valence-corrected chi connectivity index (χ3v) is 5.23. The maximum Gasteiger partial charge on any atom is 0.303 e. The molecule has 0 amide bonds. The number of unbranched alkanes of at least 4 members (excludes halogenated alkanes) is 2. The van der Waals surface area contributed by atoms with Gasteiger partial charge in [-0.1, -0.05) is 12.2 Å². The number of carbonyl (C=O) groups is 1. The summed E-state index contributed by atoms with van der Waals surface area (Å²) in [5.41, 5.74) is 0.800. The van der Waals surface area contributed by atoms with Crippen LogP contribution in [0.5, 0.6) is 5.75 Å². The van der Waals surface area contributed by atoms with E-state index in [2.05, 4.69) is 16.6 Å². The van der Waals surface area contributed by atoms with Crippen LogP contribution in [0.4, 0.5) is 5.69 Å². The highest BCUT2D eigenvalue weighted by atomic mass is 32.1. The molecule has 2 rings (SSSR count). The van der Waals surface area contributed by atoms with E-state index in [-0.39, 0.29) is 12.8 Å². The van der Waals surface area contributed by atoms with Gasteiger partial charge in [0.15, 0.2) is 0 Å². The molecule has 176 valence electrons. The number of nitrogens with one attached hydrogen (secondary N) is 2. The van der Waals surface area contributed by atoms with E-state index >= 15 is 0 Å². The summed E-state index contributed by atoms with van der Waals surface area (Å²) in [5, 5.41) is 45.4. The number of hydrogen-bond acceptors (Lipinski definition) is 8. The standard InChI is InChI=1S/C22H30N2O7S/c1-2-3-4-5-12-23-17(32)13-24-14-6-8-15(9-7-14)30-22-21(29)20(28)19(27)16(31-22)10-11-18(25)26/h1,6-9,16,19-22,24,27-29H,3-5,10-13H2,(H,23,32)(H,25,26)/t16-,19-,20+,21+,22+/m1/s1. The second-order valence-electron chi connectivity index (χ2n) is 7.45. The average Bonchev–Trinajstić information content (AvgIpc) is 2.78. The van der Waals surface area contributed by atoms with Crippen LogP contribution in [-0.4, -0.2) is 75.2 Å². The first-order chi connectivity index (χ1) is 15.3. The van der Waals surface area contributed by atoms with Gasteiger partial charge in [0, 0.05) is 25.1 Å². The van der Waals surface area contributed by atoms with Gasteiger partial charge >= 0.3 is 5.97 Å². The van der Waals surface area contributed by atoms with E-state index in [1.54, 1.807) is 24.3 Å². The number of ether oxygens (including phenoxy) is 2. The van der Waals surface area contributed by atoms with Gasteiger partial charge in [-0.05, 0) is 43.5 Å². The molecular formula is C22H30N2O7S. The molecule has 0 spiro atoms. The number of carboxylic acids is 1. The number of terminal acetylenes is 1. The zero-order chi connectivity index (χ0) is 23.5. The van der Waals surface area contributed by atoms with Gasteiger partial charge in [-0.2, -0.15) is 0 Å². The van der Waals surface area contributed by atoms with Crippen LogP contribution < -0.4 is 15.4 Å². The Morgan fingerprint density at radius 1 is 1.16 bits per heavy atom. The molecule has 1 saturated heterocycles. The molecule has 9 nitrogen and oxygen atoms in total. The van der Waals surface area contributed by atoms with Crippen molar-refractivity contribution in [2.24, 2.45) is 0 Å². The molecule has 0 radical (unpaired) electrons. The van der Waals surface area contributed by atoms with Crippen molar-refractivity contribution in [1.82, 2.24) is 5.32 Å². The first-order valence-electron chi connectivity index (χ1n) is 10.4. The number of aliphatic hydroxyl groups excluding tert-OH is 3. The second kappa shape index (κ2) is 13.2.